The van der Waals surface area contributed by atoms with Gasteiger partial charge in [0, 0.05) is 56.3 Å². The van der Waals surface area contributed by atoms with E-state index in [1.807, 2.05) is 30.3 Å². The molecule has 6 nitrogen and oxygen atoms in total. The summed E-state index contributed by atoms with van der Waals surface area (Å²) in [4.78, 5) is 26.8. The summed E-state index contributed by atoms with van der Waals surface area (Å²) >= 11 is 0. The zero-order valence-electron chi connectivity index (χ0n) is 15.0. The molecule has 1 fully saturated rings. The van der Waals surface area contributed by atoms with Crippen molar-refractivity contribution in [1.29, 1.82) is 0 Å². The molecule has 0 aromatic heterocycles. The maximum absolute atomic E-state index is 11.6. The largest absolute Gasteiger partial charge is 0.478 e. The molecule has 0 spiro atoms. The summed E-state index contributed by atoms with van der Waals surface area (Å²) in [5.41, 5.74) is 3.10. The van der Waals surface area contributed by atoms with Crippen LogP contribution >= 0.6 is 0 Å². The number of carbonyl (C=O) groups is 2. The Hall–Kier alpha value is -3.12. The van der Waals surface area contributed by atoms with Gasteiger partial charge in [-0.05, 0) is 29.8 Å². The van der Waals surface area contributed by atoms with Crippen molar-refractivity contribution in [2.24, 2.45) is 0 Å². The van der Waals surface area contributed by atoms with E-state index >= 15 is 0 Å². The smallest absolute Gasteiger partial charge is 0.328 e. The molecule has 140 valence electrons. The molecule has 27 heavy (non-hydrogen) atoms. The van der Waals surface area contributed by atoms with Crippen molar-refractivity contribution in [2.75, 3.05) is 36.4 Å². The van der Waals surface area contributed by atoms with Crippen LogP contribution in [0.15, 0.2) is 66.7 Å². The summed E-state index contributed by atoms with van der Waals surface area (Å²) in [6, 6.07) is 18.1. The molecule has 0 aliphatic carbocycles. The van der Waals surface area contributed by atoms with E-state index in [1.54, 1.807) is 0 Å². The van der Waals surface area contributed by atoms with E-state index in [0.717, 1.165) is 50.6 Å². The highest BCUT2D eigenvalue weighted by atomic mass is 16.4. The van der Waals surface area contributed by atoms with E-state index in [9.17, 15) is 9.59 Å². The fourth-order valence-corrected chi connectivity index (χ4v) is 3.09. The predicted molar refractivity (Wildman–Crippen MR) is 106 cm³/mol. The van der Waals surface area contributed by atoms with Crippen molar-refractivity contribution < 1.29 is 14.7 Å². The molecular formula is C21H23N3O3. The lowest BCUT2D eigenvalue weighted by Crippen LogP contribution is -2.45. The van der Waals surface area contributed by atoms with Crippen LogP contribution in [0.2, 0.25) is 0 Å². The zero-order chi connectivity index (χ0) is 19.1. The first-order chi connectivity index (χ1) is 13.1. The van der Waals surface area contributed by atoms with Crippen LogP contribution in [0.3, 0.4) is 0 Å². The number of nitrogens with zero attached hydrogens (tertiary/aromatic N) is 2. The van der Waals surface area contributed by atoms with Crippen LogP contribution < -0.4 is 10.2 Å². The zero-order valence-corrected chi connectivity index (χ0v) is 15.0. The van der Waals surface area contributed by atoms with Crippen molar-refractivity contribution in [3.05, 3.63) is 72.3 Å². The van der Waals surface area contributed by atoms with Crippen molar-refractivity contribution in [1.82, 2.24) is 4.90 Å². The van der Waals surface area contributed by atoms with E-state index < -0.39 is 11.9 Å². The van der Waals surface area contributed by atoms with Crippen LogP contribution in [0, 0.1) is 0 Å². The maximum Gasteiger partial charge on any atom is 0.328 e. The van der Waals surface area contributed by atoms with Gasteiger partial charge in [0.25, 0.3) is 0 Å². The molecule has 0 bridgehead atoms. The van der Waals surface area contributed by atoms with Crippen LogP contribution in [0.25, 0.3) is 0 Å². The van der Waals surface area contributed by atoms with Gasteiger partial charge in [-0.2, -0.15) is 0 Å². The third-order valence-corrected chi connectivity index (χ3v) is 4.50. The number of carboxylic acids is 1. The predicted octanol–water partition coefficient (Wildman–Crippen LogP) is 2.59. The first-order valence-corrected chi connectivity index (χ1v) is 8.93. The Morgan fingerprint density at radius 3 is 2.22 bits per heavy atom. The summed E-state index contributed by atoms with van der Waals surface area (Å²) in [5, 5.41) is 11.2. The number of amides is 1. The fourth-order valence-electron chi connectivity index (χ4n) is 3.09. The second kappa shape index (κ2) is 9.00. The monoisotopic (exact) mass is 365 g/mol. The van der Waals surface area contributed by atoms with Crippen LogP contribution in [0.1, 0.15) is 5.56 Å². The van der Waals surface area contributed by atoms with Gasteiger partial charge in [-0.25, -0.2) is 4.79 Å². The lowest BCUT2D eigenvalue weighted by Gasteiger charge is -2.36. The number of hydrogen-bond donors (Lipinski definition) is 2. The number of piperazine rings is 1. The Balaban J connectivity index is 1.50. The Bertz CT molecular complexity index is 795. The van der Waals surface area contributed by atoms with Gasteiger partial charge in [-0.15, -0.1) is 0 Å². The molecule has 0 saturated carbocycles. The molecule has 0 atom stereocenters. The SMILES string of the molecule is O=C(O)/C=C/C(=O)Nc1ccc(N2CCN(Cc3ccccc3)CC2)cc1. The topological polar surface area (TPSA) is 72.9 Å². The number of aliphatic carboxylic acids is 1. The molecule has 6 heteroatoms. The lowest BCUT2D eigenvalue weighted by molar-refractivity contribution is -0.131. The van der Waals surface area contributed by atoms with Gasteiger partial charge in [0.05, 0.1) is 0 Å². The number of benzene rings is 2. The van der Waals surface area contributed by atoms with Crippen LogP contribution in [-0.2, 0) is 16.1 Å². The van der Waals surface area contributed by atoms with E-state index in [1.165, 1.54) is 5.56 Å². The van der Waals surface area contributed by atoms with Gasteiger partial charge < -0.3 is 15.3 Å². The van der Waals surface area contributed by atoms with Crippen LogP contribution in [0.5, 0.6) is 0 Å². The Morgan fingerprint density at radius 1 is 0.926 bits per heavy atom. The minimum absolute atomic E-state index is 0.459. The number of anilines is 2. The molecule has 1 heterocycles. The second-order valence-corrected chi connectivity index (χ2v) is 6.46. The number of carbonyl (C=O) groups excluding carboxylic acids is 1. The summed E-state index contributed by atoms with van der Waals surface area (Å²) in [6.07, 6.45) is 1.82. The van der Waals surface area contributed by atoms with Crippen molar-refractivity contribution in [3.63, 3.8) is 0 Å². The van der Waals surface area contributed by atoms with Gasteiger partial charge in [-0.1, -0.05) is 30.3 Å². The first kappa shape index (κ1) is 18.7. The molecule has 1 saturated heterocycles. The summed E-state index contributed by atoms with van der Waals surface area (Å²) in [6.45, 7) is 4.91. The molecule has 2 aromatic rings. The quantitative estimate of drug-likeness (QED) is 0.770. The summed E-state index contributed by atoms with van der Waals surface area (Å²) < 4.78 is 0. The van der Waals surface area contributed by atoms with Crippen LogP contribution in [-0.4, -0.2) is 48.1 Å². The standard InChI is InChI=1S/C21H23N3O3/c25-20(10-11-21(26)27)22-18-6-8-19(9-7-18)24-14-12-23(13-15-24)16-17-4-2-1-3-5-17/h1-11H,12-16H2,(H,22,25)(H,26,27)/b11-10+. The van der Waals surface area contributed by atoms with Crippen molar-refractivity contribution in [3.8, 4) is 0 Å². The number of nitrogens with one attached hydrogen (secondary N) is 1. The lowest BCUT2D eigenvalue weighted by atomic mass is 10.2. The third-order valence-electron chi connectivity index (χ3n) is 4.50. The first-order valence-electron chi connectivity index (χ1n) is 8.93. The summed E-state index contributed by atoms with van der Waals surface area (Å²) in [7, 11) is 0. The molecule has 0 unspecified atom stereocenters. The van der Waals surface area contributed by atoms with Gasteiger partial charge in [0.2, 0.25) is 5.91 Å². The summed E-state index contributed by atoms with van der Waals surface area (Å²) in [5.74, 6) is -1.61. The second-order valence-electron chi connectivity index (χ2n) is 6.46. The van der Waals surface area contributed by atoms with Gasteiger partial charge in [0.1, 0.15) is 0 Å². The van der Waals surface area contributed by atoms with E-state index in [2.05, 4.69) is 39.4 Å². The third kappa shape index (κ3) is 5.69. The Morgan fingerprint density at radius 2 is 1.59 bits per heavy atom. The molecular weight excluding hydrogens is 342 g/mol. The molecule has 0 radical (unpaired) electrons. The minimum Gasteiger partial charge on any atom is -0.478 e. The molecule has 3 rings (SSSR count). The van der Waals surface area contributed by atoms with Crippen molar-refractivity contribution in [2.45, 2.75) is 6.54 Å². The van der Waals surface area contributed by atoms with E-state index in [0.29, 0.717) is 5.69 Å². The molecule has 1 aliphatic rings. The number of carboxylic acid groups (broad SMARTS) is 1. The fraction of sp³-hybridized carbons (Fsp3) is 0.238. The maximum atomic E-state index is 11.6. The van der Waals surface area contributed by atoms with Crippen molar-refractivity contribution >= 4 is 23.3 Å². The van der Waals surface area contributed by atoms with E-state index in [-0.39, 0.29) is 0 Å². The van der Waals surface area contributed by atoms with Gasteiger partial charge >= 0.3 is 5.97 Å². The molecule has 2 N–H and O–H groups in total. The van der Waals surface area contributed by atoms with E-state index in [4.69, 9.17) is 5.11 Å². The number of rotatable bonds is 6. The average molecular weight is 365 g/mol. The molecule has 1 amide bonds. The Kier molecular flexibility index (Phi) is 6.22. The molecule has 1 aliphatic heterocycles. The molecule has 2 aromatic carbocycles. The van der Waals surface area contributed by atoms with Crippen LogP contribution in [0.4, 0.5) is 11.4 Å². The Labute approximate surface area is 158 Å². The van der Waals surface area contributed by atoms with Gasteiger partial charge in [0.15, 0.2) is 0 Å². The average Bonchev–Trinajstić information content (AvgIpc) is 2.68. The normalized spacial score (nSPS) is 15.0. The minimum atomic E-state index is -1.15. The highest BCUT2D eigenvalue weighted by Gasteiger charge is 2.17. The number of hydrogen-bond acceptors (Lipinski definition) is 4. The van der Waals surface area contributed by atoms with Gasteiger partial charge in [-0.3, -0.25) is 9.69 Å². The highest BCUT2D eigenvalue weighted by molar-refractivity contribution is 6.02. The highest BCUT2D eigenvalue weighted by Crippen LogP contribution is 2.20.